The van der Waals surface area contributed by atoms with E-state index in [-0.39, 0.29) is 23.9 Å². The molecule has 1 aromatic heterocycles. The van der Waals surface area contributed by atoms with Crippen molar-refractivity contribution in [3.8, 4) is 6.07 Å². The van der Waals surface area contributed by atoms with E-state index in [4.69, 9.17) is 16.9 Å². The number of halogens is 1. The zero-order chi connectivity index (χ0) is 22.4. The number of amides is 1. The highest BCUT2D eigenvalue weighted by Gasteiger charge is 2.16. The van der Waals surface area contributed by atoms with Crippen molar-refractivity contribution in [3.63, 3.8) is 0 Å². The van der Waals surface area contributed by atoms with Gasteiger partial charge < -0.3 is 10.3 Å². The van der Waals surface area contributed by atoms with Crippen LogP contribution in [-0.2, 0) is 11.3 Å². The Labute approximate surface area is 185 Å². The largest absolute Gasteiger partial charge is 0.326 e. The number of carbonyl (C=O) groups is 1. The van der Waals surface area contributed by atoms with E-state index in [1.165, 1.54) is 0 Å². The Morgan fingerprint density at radius 3 is 2.81 bits per heavy atom. The van der Waals surface area contributed by atoms with Crippen LogP contribution in [0.3, 0.4) is 0 Å². The highest BCUT2D eigenvalue weighted by atomic mass is 35.5. The average molecular weight is 438 g/mol. The summed E-state index contributed by atoms with van der Waals surface area (Å²) in [6, 6.07) is 14.2. The summed E-state index contributed by atoms with van der Waals surface area (Å²) in [4.78, 5) is 34.4. The highest BCUT2D eigenvalue weighted by molar-refractivity contribution is 6.32. The van der Waals surface area contributed by atoms with Crippen LogP contribution >= 0.6 is 11.6 Å². The summed E-state index contributed by atoms with van der Waals surface area (Å²) in [6.07, 6.45) is 1.16. The number of carbonyl (C=O) groups excluding carboxylic acids is 1. The summed E-state index contributed by atoms with van der Waals surface area (Å²) in [5.74, 6) is 0.414. The van der Waals surface area contributed by atoms with Crippen molar-refractivity contribution in [2.75, 3.05) is 11.9 Å². The van der Waals surface area contributed by atoms with E-state index >= 15 is 0 Å². The second-order valence-corrected chi connectivity index (χ2v) is 7.77. The topological polar surface area (TPSA) is 102 Å². The van der Waals surface area contributed by atoms with Gasteiger partial charge in [0, 0.05) is 24.7 Å². The van der Waals surface area contributed by atoms with Crippen molar-refractivity contribution < 1.29 is 4.79 Å². The van der Waals surface area contributed by atoms with Crippen LogP contribution in [0.15, 0.2) is 47.3 Å². The van der Waals surface area contributed by atoms with Gasteiger partial charge in [-0.3, -0.25) is 14.5 Å². The molecule has 1 unspecified atom stereocenters. The van der Waals surface area contributed by atoms with Gasteiger partial charge in [-0.2, -0.15) is 5.26 Å². The van der Waals surface area contributed by atoms with Gasteiger partial charge in [0.2, 0.25) is 5.91 Å². The average Bonchev–Trinajstić information content (AvgIpc) is 2.76. The molecule has 0 saturated heterocycles. The van der Waals surface area contributed by atoms with Crippen molar-refractivity contribution in [2.24, 2.45) is 0 Å². The van der Waals surface area contributed by atoms with E-state index in [9.17, 15) is 9.59 Å². The predicted octanol–water partition coefficient (Wildman–Crippen LogP) is 4.08. The molecule has 1 atom stereocenters. The van der Waals surface area contributed by atoms with Crippen LogP contribution in [0, 0.1) is 11.3 Å². The zero-order valence-corrected chi connectivity index (χ0v) is 18.2. The summed E-state index contributed by atoms with van der Waals surface area (Å²) < 4.78 is 0. The van der Waals surface area contributed by atoms with Gasteiger partial charge in [-0.15, -0.1) is 0 Å². The molecule has 0 saturated carbocycles. The lowest BCUT2D eigenvalue weighted by molar-refractivity contribution is -0.116. The maximum Gasteiger partial charge on any atom is 0.258 e. The van der Waals surface area contributed by atoms with Gasteiger partial charge in [0.05, 0.1) is 28.0 Å². The number of fused-ring (bicyclic) bond motifs is 1. The Morgan fingerprint density at radius 1 is 1.32 bits per heavy atom. The highest BCUT2D eigenvalue weighted by Crippen LogP contribution is 2.20. The standard InChI is InChI=1S/C23H24ClN5O2/c1-3-15(2)29(14-21-27-20-7-5-4-6-18(20)23(31)28-21)11-10-22(30)26-17-9-8-16(13-25)19(24)12-17/h4-9,12,15H,3,10-11,14H2,1-2H3,(H,26,30)(H,27,28,31). The maximum absolute atomic E-state index is 12.5. The number of H-pyrrole nitrogens is 1. The molecule has 0 aliphatic rings. The van der Waals surface area contributed by atoms with Gasteiger partial charge >= 0.3 is 0 Å². The molecule has 160 valence electrons. The Hall–Kier alpha value is -3.21. The minimum atomic E-state index is -0.167. The molecule has 2 aromatic carbocycles. The third-order valence-electron chi connectivity index (χ3n) is 5.23. The van der Waals surface area contributed by atoms with Gasteiger partial charge in [0.1, 0.15) is 11.9 Å². The van der Waals surface area contributed by atoms with Crippen LogP contribution in [0.25, 0.3) is 10.9 Å². The van der Waals surface area contributed by atoms with Crippen molar-refractivity contribution in [1.82, 2.24) is 14.9 Å². The lowest BCUT2D eigenvalue weighted by atomic mass is 10.2. The molecule has 7 nitrogen and oxygen atoms in total. The fourth-order valence-electron chi connectivity index (χ4n) is 3.27. The van der Waals surface area contributed by atoms with Crippen LogP contribution in [0.2, 0.25) is 5.02 Å². The Morgan fingerprint density at radius 2 is 2.10 bits per heavy atom. The first kappa shape index (κ1) is 22.5. The van der Waals surface area contributed by atoms with E-state index in [1.54, 1.807) is 24.3 Å². The third kappa shape index (κ3) is 5.69. The number of hydrogen-bond donors (Lipinski definition) is 2. The van der Waals surface area contributed by atoms with Crippen LogP contribution in [0.1, 0.15) is 38.1 Å². The van der Waals surface area contributed by atoms with Gasteiger partial charge in [-0.05, 0) is 43.7 Å². The quantitative estimate of drug-likeness (QED) is 0.552. The zero-order valence-electron chi connectivity index (χ0n) is 17.5. The molecule has 0 bridgehead atoms. The van der Waals surface area contributed by atoms with E-state index in [2.05, 4.69) is 34.0 Å². The first-order chi connectivity index (χ1) is 14.9. The molecule has 8 heteroatoms. The van der Waals surface area contributed by atoms with Gasteiger partial charge in [0.15, 0.2) is 0 Å². The molecule has 0 radical (unpaired) electrons. The Kier molecular flexibility index (Phi) is 7.40. The smallest absolute Gasteiger partial charge is 0.258 e. The molecule has 1 heterocycles. The number of nitrogens with zero attached hydrogens (tertiary/aromatic N) is 3. The summed E-state index contributed by atoms with van der Waals surface area (Å²) >= 11 is 6.03. The van der Waals surface area contributed by atoms with Gasteiger partial charge in [-0.1, -0.05) is 30.7 Å². The summed E-state index contributed by atoms with van der Waals surface area (Å²) in [5.41, 5.74) is 1.39. The van der Waals surface area contributed by atoms with Crippen LogP contribution in [-0.4, -0.2) is 33.4 Å². The molecule has 0 aliphatic carbocycles. The van der Waals surface area contributed by atoms with Crippen molar-refractivity contribution >= 4 is 34.1 Å². The molecule has 0 spiro atoms. The van der Waals surface area contributed by atoms with Crippen molar-refractivity contribution in [2.45, 2.75) is 39.3 Å². The molecular weight excluding hydrogens is 414 g/mol. The Bertz CT molecular complexity index is 1180. The number of benzene rings is 2. The Balaban J connectivity index is 1.68. The number of nitrogens with one attached hydrogen (secondary N) is 2. The lowest BCUT2D eigenvalue weighted by Crippen LogP contribution is -2.36. The maximum atomic E-state index is 12.5. The van der Waals surface area contributed by atoms with E-state index < -0.39 is 0 Å². The normalized spacial score (nSPS) is 12.0. The number of nitriles is 1. The minimum Gasteiger partial charge on any atom is -0.326 e. The first-order valence-corrected chi connectivity index (χ1v) is 10.5. The fraction of sp³-hybridized carbons (Fsp3) is 0.304. The van der Waals surface area contributed by atoms with Crippen LogP contribution in [0.5, 0.6) is 0 Å². The van der Waals surface area contributed by atoms with E-state index in [0.717, 1.165) is 6.42 Å². The summed E-state index contributed by atoms with van der Waals surface area (Å²) in [6.45, 7) is 5.09. The second-order valence-electron chi connectivity index (χ2n) is 7.36. The number of rotatable bonds is 8. The molecule has 1 amide bonds. The molecule has 0 aliphatic heterocycles. The number of hydrogen-bond acceptors (Lipinski definition) is 5. The SMILES string of the molecule is CCC(C)N(CCC(=O)Nc1ccc(C#N)c(Cl)c1)Cc1nc2ccccc2c(=O)[nH]1. The fourth-order valence-corrected chi connectivity index (χ4v) is 3.49. The van der Waals surface area contributed by atoms with Crippen molar-refractivity contribution in [3.05, 3.63) is 69.2 Å². The van der Waals surface area contributed by atoms with Crippen LogP contribution < -0.4 is 10.9 Å². The lowest BCUT2D eigenvalue weighted by Gasteiger charge is -2.27. The number of aromatic amines is 1. The predicted molar refractivity (Wildman–Crippen MR) is 122 cm³/mol. The van der Waals surface area contributed by atoms with Gasteiger partial charge in [0.25, 0.3) is 5.56 Å². The molecule has 3 aromatic rings. The van der Waals surface area contributed by atoms with Crippen LogP contribution in [0.4, 0.5) is 5.69 Å². The number of anilines is 1. The molecule has 3 rings (SSSR count). The minimum absolute atomic E-state index is 0.158. The summed E-state index contributed by atoms with van der Waals surface area (Å²) in [7, 11) is 0. The van der Waals surface area contributed by atoms with E-state index in [1.807, 2.05) is 24.3 Å². The molecule has 31 heavy (non-hydrogen) atoms. The number of para-hydroxylation sites is 1. The van der Waals surface area contributed by atoms with Gasteiger partial charge in [-0.25, -0.2) is 4.98 Å². The second kappa shape index (κ2) is 10.2. The molecule has 0 fully saturated rings. The monoisotopic (exact) mass is 437 g/mol. The number of aromatic nitrogens is 2. The summed E-state index contributed by atoms with van der Waals surface area (Å²) in [5, 5.41) is 12.6. The third-order valence-corrected chi connectivity index (χ3v) is 5.54. The molecular formula is C23H24ClN5O2. The first-order valence-electron chi connectivity index (χ1n) is 10.1. The van der Waals surface area contributed by atoms with E-state index in [0.29, 0.717) is 46.1 Å². The molecule has 2 N–H and O–H groups in total. The van der Waals surface area contributed by atoms with Crippen molar-refractivity contribution in [1.29, 1.82) is 5.26 Å².